The van der Waals surface area contributed by atoms with Crippen molar-refractivity contribution in [3.63, 3.8) is 0 Å². The molecule has 0 bridgehead atoms. The maximum absolute atomic E-state index is 12.8. The first-order valence-corrected chi connectivity index (χ1v) is 11.1. The van der Waals surface area contributed by atoms with Crippen LogP contribution in [0.3, 0.4) is 0 Å². The molecule has 1 atom stereocenters. The number of hydrogen-bond acceptors (Lipinski definition) is 6. The molecule has 29 heavy (non-hydrogen) atoms. The monoisotopic (exact) mass is 412 g/mol. The number of piperazine rings is 1. The molecule has 1 fully saturated rings. The van der Waals surface area contributed by atoms with Gasteiger partial charge in [0.05, 0.1) is 10.9 Å². The standard InChI is InChI=1S/C21H24N4O3S/c1-17(21-22-20(23-28-21)16-18-8-4-2-5-9-18)24-12-14-25(15-13-24)29(26,27)19-10-6-3-7-11-19/h2-11,17H,12-16H2,1H3/t17-/m0/s1. The summed E-state index contributed by atoms with van der Waals surface area (Å²) < 4.78 is 32.6. The van der Waals surface area contributed by atoms with E-state index in [0.717, 1.165) is 5.56 Å². The molecule has 2 aromatic carbocycles. The van der Waals surface area contributed by atoms with Crippen molar-refractivity contribution in [3.05, 3.63) is 77.9 Å². The SMILES string of the molecule is C[C@@H](c1nc(Cc2ccccc2)no1)N1CCN(S(=O)(=O)c2ccccc2)CC1. The molecule has 4 rings (SSSR count). The third-order valence-corrected chi connectivity index (χ3v) is 7.16. The van der Waals surface area contributed by atoms with E-state index in [1.807, 2.05) is 43.3 Å². The smallest absolute Gasteiger partial charge is 0.243 e. The molecule has 8 heteroatoms. The van der Waals surface area contributed by atoms with Gasteiger partial charge < -0.3 is 4.52 Å². The second kappa shape index (κ2) is 8.44. The lowest BCUT2D eigenvalue weighted by atomic mass is 10.1. The number of rotatable bonds is 6. The van der Waals surface area contributed by atoms with Crippen molar-refractivity contribution in [2.75, 3.05) is 26.2 Å². The van der Waals surface area contributed by atoms with Crippen LogP contribution in [0.25, 0.3) is 0 Å². The van der Waals surface area contributed by atoms with Gasteiger partial charge in [-0.05, 0) is 24.6 Å². The van der Waals surface area contributed by atoms with Crippen molar-refractivity contribution in [2.24, 2.45) is 0 Å². The summed E-state index contributed by atoms with van der Waals surface area (Å²) in [6.45, 7) is 4.12. The molecule has 0 spiro atoms. The highest BCUT2D eigenvalue weighted by Crippen LogP contribution is 2.23. The summed E-state index contributed by atoms with van der Waals surface area (Å²) in [4.78, 5) is 7.06. The third-order valence-electron chi connectivity index (χ3n) is 5.25. The van der Waals surface area contributed by atoms with Crippen LogP contribution >= 0.6 is 0 Å². The predicted molar refractivity (Wildman–Crippen MR) is 109 cm³/mol. The summed E-state index contributed by atoms with van der Waals surface area (Å²) in [6.07, 6.45) is 0.625. The molecule has 0 amide bonds. The highest BCUT2D eigenvalue weighted by molar-refractivity contribution is 7.89. The Labute approximate surface area is 171 Å². The fourth-order valence-corrected chi connectivity index (χ4v) is 4.96. The normalized spacial score (nSPS) is 17.3. The predicted octanol–water partition coefficient (Wildman–Crippen LogP) is 2.73. The average molecular weight is 413 g/mol. The van der Waals surface area contributed by atoms with Gasteiger partial charge in [0, 0.05) is 32.6 Å². The van der Waals surface area contributed by atoms with Crippen LogP contribution in [0.2, 0.25) is 0 Å². The van der Waals surface area contributed by atoms with Gasteiger partial charge in [-0.25, -0.2) is 8.42 Å². The zero-order chi connectivity index (χ0) is 20.3. The molecule has 0 saturated carbocycles. The van der Waals surface area contributed by atoms with E-state index in [0.29, 0.717) is 49.2 Å². The third kappa shape index (κ3) is 4.39. The molecule has 1 aliphatic heterocycles. The second-order valence-corrected chi connectivity index (χ2v) is 9.08. The second-order valence-electron chi connectivity index (χ2n) is 7.14. The Kier molecular flexibility index (Phi) is 5.75. The van der Waals surface area contributed by atoms with Gasteiger partial charge in [-0.3, -0.25) is 4.90 Å². The van der Waals surface area contributed by atoms with E-state index in [1.54, 1.807) is 28.6 Å². The zero-order valence-corrected chi connectivity index (χ0v) is 17.1. The molecular weight excluding hydrogens is 388 g/mol. The minimum Gasteiger partial charge on any atom is -0.338 e. The van der Waals surface area contributed by atoms with Crippen molar-refractivity contribution < 1.29 is 12.9 Å². The molecule has 7 nitrogen and oxygen atoms in total. The quantitative estimate of drug-likeness (QED) is 0.619. The van der Waals surface area contributed by atoms with E-state index >= 15 is 0 Å². The lowest BCUT2D eigenvalue weighted by Crippen LogP contribution is -2.49. The lowest BCUT2D eigenvalue weighted by molar-refractivity contribution is 0.124. The van der Waals surface area contributed by atoms with Crippen LogP contribution in [0.1, 0.15) is 30.2 Å². The summed E-state index contributed by atoms with van der Waals surface area (Å²) in [5.41, 5.74) is 1.13. The number of benzene rings is 2. The summed E-state index contributed by atoms with van der Waals surface area (Å²) in [5, 5.41) is 4.10. The highest BCUT2D eigenvalue weighted by atomic mass is 32.2. The Morgan fingerprint density at radius 1 is 0.966 bits per heavy atom. The number of hydrogen-bond donors (Lipinski definition) is 0. The Balaban J connectivity index is 1.38. The molecule has 0 radical (unpaired) electrons. The highest BCUT2D eigenvalue weighted by Gasteiger charge is 2.31. The van der Waals surface area contributed by atoms with E-state index in [-0.39, 0.29) is 6.04 Å². The largest absolute Gasteiger partial charge is 0.338 e. The Morgan fingerprint density at radius 3 is 2.24 bits per heavy atom. The van der Waals surface area contributed by atoms with Gasteiger partial charge in [0.15, 0.2) is 5.82 Å². The number of sulfonamides is 1. The van der Waals surface area contributed by atoms with E-state index in [4.69, 9.17) is 4.52 Å². The zero-order valence-electron chi connectivity index (χ0n) is 16.3. The van der Waals surface area contributed by atoms with Gasteiger partial charge in [0.2, 0.25) is 15.9 Å². The fraction of sp³-hybridized carbons (Fsp3) is 0.333. The molecule has 3 aromatic rings. The van der Waals surface area contributed by atoms with Crippen LogP contribution in [0.4, 0.5) is 0 Å². The molecule has 1 saturated heterocycles. The number of nitrogens with zero attached hydrogens (tertiary/aromatic N) is 4. The summed E-state index contributed by atoms with van der Waals surface area (Å²) in [7, 11) is -3.45. The fourth-order valence-electron chi connectivity index (χ4n) is 3.52. The van der Waals surface area contributed by atoms with E-state index in [1.165, 1.54) is 0 Å². The first-order valence-electron chi connectivity index (χ1n) is 9.70. The van der Waals surface area contributed by atoms with E-state index in [2.05, 4.69) is 15.0 Å². The maximum atomic E-state index is 12.8. The van der Waals surface area contributed by atoms with Crippen LogP contribution in [0.15, 0.2) is 70.1 Å². The van der Waals surface area contributed by atoms with Crippen molar-refractivity contribution in [1.82, 2.24) is 19.3 Å². The molecule has 0 unspecified atom stereocenters. The van der Waals surface area contributed by atoms with Gasteiger partial charge in [0.25, 0.3) is 0 Å². The van der Waals surface area contributed by atoms with Crippen molar-refractivity contribution in [1.29, 1.82) is 0 Å². The molecule has 0 aliphatic carbocycles. The topological polar surface area (TPSA) is 79.5 Å². The molecule has 0 N–H and O–H groups in total. The van der Waals surface area contributed by atoms with Gasteiger partial charge in [-0.15, -0.1) is 0 Å². The Hall–Kier alpha value is -2.55. The first-order chi connectivity index (χ1) is 14.0. The van der Waals surface area contributed by atoms with E-state index < -0.39 is 10.0 Å². The van der Waals surface area contributed by atoms with Crippen LogP contribution in [-0.2, 0) is 16.4 Å². The van der Waals surface area contributed by atoms with Crippen molar-refractivity contribution in [3.8, 4) is 0 Å². The lowest BCUT2D eigenvalue weighted by Gasteiger charge is -2.36. The molecule has 1 aromatic heterocycles. The van der Waals surface area contributed by atoms with Crippen LogP contribution < -0.4 is 0 Å². The van der Waals surface area contributed by atoms with Crippen LogP contribution in [0, 0.1) is 0 Å². The Bertz CT molecular complexity index is 1030. The van der Waals surface area contributed by atoms with Gasteiger partial charge in [0.1, 0.15) is 0 Å². The Morgan fingerprint density at radius 2 is 1.59 bits per heavy atom. The summed E-state index contributed by atoms with van der Waals surface area (Å²) in [5.74, 6) is 1.22. The molecule has 1 aliphatic rings. The van der Waals surface area contributed by atoms with Gasteiger partial charge >= 0.3 is 0 Å². The van der Waals surface area contributed by atoms with Crippen LogP contribution in [0.5, 0.6) is 0 Å². The molecular formula is C21H24N4O3S. The summed E-state index contributed by atoms with van der Waals surface area (Å²) >= 11 is 0. The molecule has 2 heterocycles. The van der Waals surface area contributed by atoms with Crippen molar-refractivity contribution in [2.45, 2.75) is 24.3 Å². The van der Waals surface area contributed by atoms with Gasteiger partial charge in [-0.2, -0.15) is 9.29 Å². The average Bonchev–Trinajstić information content (AvgIpc) is 3.23. The minimum absolute atomic E-state index is 0.0615. The maximum Gasteiger partial charge on any atom is 0.243 e. The summed E-state index contributed by atoms with van der Waals surface area (Å²) in [6, 6.07) is 18.5. The number of aromatic nitrogens is 2. The first kappa shape index (κ1) is 19.8. The minimum atomic E-state index is -3.45. The van der Waals surface area contributed by atoms with Crippen molar-refractivity contribution >= 4 is 10.0 Å². The molecule has 152 valence electrons. The van der Waals surface area contributed by atoms with Crippen LogP contribution in [-0.4, -0.2) is 53.9 Å². The van der Waals surface area contributed by atoms with E-state index in [9.17, 15) is 8.42 Å². The van der Waals surface area contributed by atoms with Gasteiger partial charge in [-0.1, -0.05) is 53.7 Å².